The smallest absolute Gasteiger partial charge is 0.408 e. The fourth-order valence-corrected chi connectivity index (χ4v) is 3.97. The van der Waals surface area contributed by atoms with E-state index in [-0.39, 0.29) is 12.2 Å². The molecule has 0 aliphatic rings. The summed E-state index contributed by atoms with van der Waals surface area (Å²) < 4.78 is 45.4. The van der Waals surface area contributed by atoms with Crippen LogP contribution in [0.4, 0.5) is 30.4 Å². The first-order valence-electron chi connectivity index (χ1n) is 10.9. The first kappa shape index (κ1) is 23.2. The maximum absolute atomic E-state index is 13.0. The quantitative estimate of drug-likeness (QED) is 0.321. The largest absolute Gasteiger partial charge is 0.420 e. The highest BCUT2D eigenvalue weighted by Gasteiger charge is 2.30. The van der Waals surface area contributed by atoms with Gasteiger partial charge in [-0.3, -0.25) is 9.36 Å². The SMILES string of the molecule is Cc1cc(Nc2cccc(C(F)(F)F)c2)nc2ccc(NC(=O)Cn3c(=O)oc4ccccc43)cc12. The van der Waals surface area contributed by atoms with E-state index in [0.717, 1.165) is 23.1 Å². The van der Waals surface area contributed by atoms with Gasteiger partial charge in [0.25, 0.3) is 0 Å². The van der Waals surface area contributed by atoms with Crippen LogP contribution in [0, 0.1) is 6.92 Å². The van der Waals surface area contributed by atoms with Gasteiger partial charge < -0.3 is 15.1 Å². The number of benzene rings is 3. The molecule has 3 aromatic carbocycles. The molecule has 0 saturated heterocycles. The lowest BCUT2D eigenvalue weighted by Gasteiger charge is -2.13. The highest BCUT2D eigenvalue weighted by atomic mass is 19.4. The van der Waals surface area contributed by atoms with Crippen molar-refractivity contribution in [3.05, 3.63) is 94.5 Å². The molecule has 1 amide bonds. The second kappa shape index (κ2) is 8.88. The number of carbonyl (C=O) groups excluding carboxylic acids is 1. The number of nitrogens with one attached hydrogen (secondary N) is 2. The molecule has 2 N–H and O–H groups in total. The van der Waals surface area contributed by atoms with Crippen LogP contribution in [0.25, 0.3) is 22.0 Å². The van der Waals surface area contributed by atoms with Gasteiger partial charge in [0, 0.05) is 16.8 Å². The number of fused-ring (bicyclic) bond motifs is 2. The van der Waals surface area contributed by atoms with E-state index >= 15 is 0 Å². The number of nitrogens with zero attached hydrogens (tertiary/aromatic N) is 2. The van der Waals surface area contributed by atoms with Crippen molar-refractivity contribution in [2.45, 2.75) is 19.6 Å². The number of pyridine rings is 1. The number of anilines is 3. The topological polar surface area (TPSA) is 89.2 Å². The van der Waals surface area contributed by atoms with Crippen LogP contribution >= 0.6 is 0 Å². The van der Waals surface area contributed by atoms with Crippen LogP contribution in [0.5, 0.6) is 0 Å². The Bertz CT molecular complexity index is 1670. The van der Waals surface area contributed by atoms with Gasteiger partial charge in [0.2, 0.25) is 5.91 Å². The molecule has 5 aromatic rings. The zero-order valence-corrected chi connectivity index (χ0v) is 18.9. The summed E-state index contributed by atoms with van der Waals surface area (Å²) in [6.07, 6.45) is -4.44. The molecule has 0 radical (unpaired) electrons. The minimum Gasteiger partial charge on any atom is -0.408 e. The average Bonchev–Trinajstić information content (AvgIpc) is 3.14. The third kappa shape index (κ3) is 4.65. The van der Waals surface area contributed by atoms with Crippen molar-refractivity contribution >= 4 is 45.1 Å². The lowest BCUT2D eigenvalue weighted by molar-refractivity contribution is -0.137. The van der Waals surface area contributed by atoms with Crippen LogP contribution < -0.4 is 16.4 Å². The monoisotopic (exact) mass is 492 g/mol. The Morgan fingerprint density at radius 3 is 2.61 bits per heavy atom. The number of hydrogen-bond donors (Lipinski definition) is 2. The minimum absolute atomic E-state index is 0.217. The number of carbonyl (C=O) groups is 1. The van der Waals surface area contributed by atoms with E-state index in [1.54, 1.807) is 48.5 Å². The van der Waals surface area contributed by atoms with Crippen molar-refractivity contribution in [2.24, 2.45) is 0 Å². The lowest BCUT2D eigenvalue weighted by Crippen LogP contribution is -2.24. The molecule has 0 aliphatic carbocycles. The number of aromatic nitrogens is 2. The van der Waals surface area contributed by atoms with Gasteiger partial charge in [0.05, 0.1) is 16.6 Å². The molecule has 0 bridgehead atoms. The first-order chi connectivity index (χ1) is 17.2. The summed E-state index contributed by atoms with van der Waals surface area (Å²) in [5.41, 5.74) is 2.35. The van der Waals surface area contributed by atoms with E-state index in [9.17, 15) is 22.8 Å². The lowest BCUT2D eigenvalue weighted by atomic mass is 10.1. The third-order valence-electron chi connectivity index (χ3n) is 5.64. The van der Waals surface area contributed by atoms with E-state index in [2.05, 4.69) is 15.6 Å². The Labute approximate surface area is 202 Å². The molecule has 36 heavy (non-hydrogen) atoms. The van der Waals surface area contributed by atoms with Gasteiger partial charge >= 0.3 is 11.9 Å². The van der Waals surface area contributed by atoms with Gasteiger partial charge in [-0.1, -0.05) is 18.2 Å². The maximum atomic E-state index is 13.0. The summed E-state index contributed by atoms with van der Waals surface area (Å²) in [6.45, 7) is 1.62. The molecule has 0 spiro atoms. The van der Waals surface area contributed by atoms with Gasteiger partial charge in [-0.2, -0.15) is 13.2 Å². The van der Waals surface area contributed by atoms with Gasteiger partial charge in [-0.05, 0) is 67.1 Å². The molecule has 0 saturated carbocycles. The van der Waals surface area contributed by atoms with Crippen molar-refractivity contribution in [2.75, 3.05) is 10.6 Å². The summed E-state index contributed by atoms with van der Waals surface area (Å²) in [5, 5.41) is 6.45. The predicted octanol–water partition coefficient (Wildman–Crippen LogP) is 5.85. The van der Waals surface area contributed by atoms with Crippen LogP contribution in [0.15, 0.2) is 82.0 Å². The number of amides is 1. The van der Waals surface area contributed by atoms with Crippen LogP contribution in [-0.2, 0) is 17.5 Å². The van der Waals surface area contributed by atoms with Crippen molar-refractivity contribution < 1.29 is 22.4 Å². The second-order valence-corrected chi connectivity index (χ2v) is 8.23. The van der Waals surface area contributed by atoms with Crippen molar-refractivity contribution in [3.63, 3.8) is 0 Å². The van der Waals surface area contributed by atoms with Gasteiger partial charge in [0.15, 0.2) is 5.58 Å². The summed E-state index contributed by atoms with van der Waals surface area (Å²) in [6, 6.07) is 18.6. The first-order valence-corrected chi connectivity index (χ1v) is 10.9. The molecule has 5 rings (SSSR count). The Morgan fingerprint density at radius 2 is 1.81 bits per heavy atom. The zero-order valence-electron chi connectivity index (χ0n) is 18.9. The number of oxazole rings is 1. The molecule has 0 unspecified atom stereocenters. The predicted molar refractivity (Wildman–Crippen MR) is 130 cm³/mol. The van der Waals surface area contributed by atoms with Crippen LogP contribution in [0.3, 0.4) is 0 Å². The number of alkyl halides is 3. The fourth-order valence-electron chi connectivity index (χ4n) is 3.97. The van der Waals surface area contributed by atoms with Crippen molar-refractivity contribution in [3.8, 4) is 0 Å². The van der Waals surface area contributed by atoms with E-state index in [1.807, 2.05) is 6.92 Å². The normalized spacial score (nSPS) is 11.7. The Balaban J connectivity index is 1.35. The van der Waals surface area contributed by atoms with E-state index in [4.69, 9.17) is 4.42 Å². The van der Waals surface area contributed by atoms with Crippen molar-refractivity contribution in [1.29, 1.82) is 0 Å². The summed E-state index contributed by atoms with van der Waals surface area (Å²) in [5.74, 6) is -0.635. The highest BCUT2D eigenvalue weighted by Crippen LogP contribution is 2.32. The Morgan fingerprint density at radius 1 is 1.00 bits per heavy atom. The second-order valence-electron chi connectivity index (χ2n) is 8.23. The van der Waals surface area contributed by atoms with Gasteiger partial charge in [0.1, 0.15) is 12.4 Å². The van der Waals surface area contributed by atoms with Crippen LogP contribution in [0.1, 0.15) is 11.1 Å². The summed E-state index contributed by atoms with van der Waals surface area (Å²) in [4.78, 5) is 29.2. The Kier molecular flexibility index (Phi) is 5.71. The number of para-hydroxylation sites is 2. The Hall–Kier alpha value is -4.60. The standard InChI is InChI=1S/C26H19F3N4O3/c1-15-11-23(30-17-6-4-5-16(12-17)26(27,28)29)32-20-10-9-18(13-19(15)20)31-24(34)14-33-21-7-2-3-8-22(21)36-25(33)35/h2-13H,14H2,1H3,(H,30,32)(H,31,34). The summed E-state index contributed by atoms with van der Waals surface area (Å²) >= 11 is 0. The van der Waals surface area contributed by atoms with Gasteiger partial charge in [-0.15, -0.1) is 0 Å². The van der Waals surface area contributed by atoms with E-state index in [1.165, 1.54) is 16.7 Å². The summed E-state index contributed by atoms with van der Waals surface area (Å²) in [7, 11) is 0. The number of rotatable bonds is 5. The zero-order chi connectivity index (χ0) is 25.4. The molecule has 0 aliphatic heterocycles. The molecular weight excluding hydrogens is 473 g/mol. The molecule has 182 valence electrons. The molecule has 0 atom stereocenters. The van der Waals surface area contributed by atoms with Gasteiger partial charge in [-0.25, -0.2) is 9.78 Å². The van der Waals surface area contributed by atoms with E-state index in [0.29, 0.717) is 28.1 Å². The fraction of sp³-hybridized carbons (Fsp3) is 0.115. The molecule has 10 heteroatoms. The van der Waals surface area contributed by atoms with E-state index < -0.39 is 23.4 Å². The highest BCUT2D eigenvalue weighted by molar-refractivity contribution is 5.95. The van der Waals surface area contributed by atoms with Crippen LogP contribution in [-0.4, -0.2) is 15.5 Å². The van der Waals surface area contributed by atoms with Crippen molar-refractivity contribution in [1.82, 2.24) is 9.55 Å². The molecule has 0 fully saturated rings. The third-order valence-corrected chi connectivity index (χ3v) is 5.64. The molecule has 2 aromatic heterocycles. The maximum Gasteiger partial charge on any atom is 0.420 e. The number of halogens is 3. The molecule has 2 heterocycles. The molecular formula is C26H19F3N4O3. The van der Waals surface area contributed by atoms with Crippen LogP contribution in [0.2, 0.25) is 0 Å². The average molecular weight is 492 g/mol. The number of hydrogen-bond acceptors (Lipinski definition) is 5. The minimum atomic E-state index is -4.44. The number of aryl methyl sites for hydroxylation is 1. The molecule has 7 nitrogen and oxygen atoms in total.